The Labute approximate surface area is 134 Å². The van der Waals surface area contributed by atoms with Crippen molar-refractivity contribution in [2.24, 2.45) is 0 Å². The van der Waals surface area contributed by atoms with E-state index in [1.807, 2.05) is 0 Å². The van der Waals surface area contributed by atoms with Crippen LogP contribution in [0.5, 0.6) is 5.75 Å². The minimum Gasteiger partial charge on any atom is -0.484 e. The quantitative estimate of drug-likeness (QED) is 0.887. The van der Waals surface area contributed by atoms with Crippen LogP contribution in [0.2, 0.25) is 0 Å². The predicted molar refractivity (Wildman–Crippen MR) is 86.5 cm³/mol. The third-order valence-corrected chi connectivity index (χ3v) is 4.80. The van der Waals surface area contributed by atoms with E-state index >= 15 is 0 Å². The molecule has 0 amide bonds. The number of hydrogen-bond donors (Lipinski definition) is 2. The van der Waals surface area contributed by atoms with Gasteiger partial charge in [-0.05, 0) is 44.5 Å². The first-order valence-electron chi connectivity index (χ1n) is 7.60. The summed E-state index contributed by atoms with van der Waals surface area (Å²) < 4.78 is 7.50. The molecule has 0 bridgehead atoms. The standard InChI is InChI=1S/C18H21NO4/c1-17(2)18(3,22)16(19-9-5-4-6-15(19)21)13-10-12(11-20)7-8-14(13)23-17/h4-10,16,20,22H,11H2,1-3H3. The van der Waals surface area contributed by atoms with E-state index in [0.29, 0.717) is 16.9 Å². The number of aromatic nitrogens is 1. The van der Waals surface area contributed by atoms with Gasteiger partial charge >= 0.3 is 0 Å². The van der Waals surface area contributed by atoms with Gasteiger partial charge in [0.1, 0.15) is 17.0 Å². The van der Waals surface area contributed by atoms with Crippen LogP contribution in [0.15, 0.2) is 47.4 Å². The summed E-state index contributed by atoms with van der Waals surface area (Å²) in [5.41, 5.74) is -1.01. The summed E-state index contributed by atoms with van der Waals surface area (Å²) in [6.07, 6.45) is 1.66. The maximum Gasteiger partial charge on any atom is 0.251 e. The molecule has 2 atom stereocenters. The van der Waals surface area contributed by atoms with Crippen molar-refractivity contribution >= 4 is 0 Å². The Kier molecular flexibility index (Phi) is 3.58. The Morgan fingerprint density at radius 3 is 2.61 bits per heavy atom. The second-order valence-corrected chi connectivity index (χ2v) is 6.64. The van der Waals surface area contributed by atoms with Gasteiger partial charge in [0.25, 0.3) is 5.56 Å². The molecule has 2 N–H and O–H groups in total. The first-order valence-corrected chi connectivity index (χ1v) is 7.60. The number of nitrogens with zero attached hydrogens (tertiary/aromatic N) is 1. The van der Waals surface area contributed by atoms with E-state index in [0.717, 1.165) is 0 Å². The third kappa shape index (κ3) is 2.36. The van der Waals surface area contributed by atoms with Gasteiger partial charge < -0.3 is 19.5 Å². The predicted octanol–water partition coefficient (Wildman–Crippen LogP) is 1.85. The van der Waals surface area contributed by atoms with E-state index in [1.54, 1.807) is 57.3 Å². The van der Waals surface area contributed by atoms with Crippen LogP contribution in [0, 0.1) is 0 Å². The molecule has 2 heterocycles. The molecule has 1 aromatic carbocycles. The van der Waals surface area contributed by atoms with Gasteiger partial charge in [-0.1, -0.05) is 12.1 Å². The largest absolute Gasteiger partial charge is 0.484 e. The van der Waals surface area contributed by atoms with Crippen LogP contribution in [0.3, 0.4) is 0 Å². The number of benzene rings is 1. The average Bonchev–Trinajstić information content (AvgIpc) is 2.49. The fourth-order valence-electron chi connectivity index (χ4n) is 3.09. The molecule has 1 aromatic heterocycles. The Morgan fingerprint density at radius 2 is 1.96 bits per heavy atom. The molecule has 0 saturated heterocycles. The Balaban J connectivity index is 2.30. The second-order valence-electron chi connectivity index (χ2n) is 6.64. The summed E-state index contributed by atoms with van der Waals surface area (Å²) >= 11 is 0. The molecular formula is C18H21NO4. The van der Waals surface area contributed by atoms with Gasteiger partial charge in [-0.2, -0.15) is 0 Å². The van der Waals surface area contributed by atoms with Gasteiger partial charge in [0, 0.05) is 17.8 Å². The van der Waals surface area contributed by atoms with Gasteiger partial charge in [0.05, 0.1) is 12.6 Å². The Bertz CT molecular complexity index is 792. The second kappa shape index (κ2) is 5.22. The van der Waals surface area contributed by atoms with Crippen LogP contribution in [0.1, 0.15) is 37.9 Å². The SMILES string of the molecule is CC1(C)Oc2ccc(CO)cc2C(n2ccccc2=O)C1(C)O. The minimum absolute atomic E-state index is 0.116. The first kappa shape index (κ1) is 15.8. The lowest BCUT2D eigenvalue weighted by molar-refractivity contribution is -0.139. The van der Waals surface area contributed by atoms with Crippen LogP contribution in [-0.2, 0) is 6.61 Å². The van der Waals surface area contributed by atoms with Crippen molar-refractivity contribution < 1.29 is 14.9 Å². The molecule has 0 radical (unpaired) electrons. The summed E-state index contributed by atoms with van der Waals surface area (Å²) in [5.74, 6) is 0.611. The Hall–Kier alpha value is -2.11. The number of pyridine rings is 1. The Morgan fingerprint density at radius 1 is 1.22 bits per heavy atom. The zero-order valence-corrected chi connectivity index (χ0v) is 13.5. The lowest BCUT2D eigenvalue weighted by Gasteiger charge is -2.50. The highest BCUT2D eigenvalue weighted by Crippen LogP contribution is 2.47. The van der Waals surface area contributed by atoms with E-state index in [4.69, 9.17) is 4.74 Å². The number of ether oxygens (including phenoxy) is 1. The van der Waals surface area contributed by atoms with Crippen LogP contribution in [0.25, 0.3) is 0 Å². The molecule has 1 aliphatic rings. The van der Waals surface area contributed by atoms with Crippen LogP contribution in [0.4, 0.5) is 0 Å². The van der Waals surface area contributed by atoms with Crippen molar-refractivity contribution in [3.05, 3.63) is 64.1 Å². The van der Waals surface area contributed by atoms with Crippen molar-refractivity contribution in [1.82, 2.24) is 4.57 Å². The number of aliphatic hydroxyl groups is 2. The molecule has 5 nitrogen and oxygen atoms in total. The molecule has 3 rings (SSSR count). The van der Waals surface area contributed by atoms with Gasteiger partial charge in [0.2, 0.25) is 0 Å². The van der Waals surface area contributed by atoms with Crippen molar-refractivity contribution in [2.45, 2.75) is 44.6 Å². The fourth-order valence-corrected chi connectivity index (χ4v) is 3.09. The van der Waals surface area contributed by atoms with Crippen LogP contribution in [-0.4, -0.2) is 26.0 Å². The lowest BCUT2D eigenvalue weighted by atomic mass is 9.75. The smallest absolute Gasteiger partial charge is 0.251 e. The topological polar surface area (TPSA) is 71.7 Å². The minimum atomic E-state index is -1.32. The van der Waals surface area contributed by atoms with E-state index in [9.17, 15) is 15.0 Å². The normalized spacial score (nSPS) is 25.5. The molecule has 0 aliphatic carbocycles. The molecule has 23 heavy (non-hydrogen) atoms. The molecular weight excluding hydrogens is 294 g/mol. The summed E-state index contributed by atoms with van der Waals surface area (Å²) in [7, 11) is 0. The highest BCUT2D eigenvalue weighted by molar-refractivity contribution is 5.45. The molecule has 0 fully saturated rings. The summed E-state index contributed by atoms with van der Waals surface area (Å²) in [5, 5.41) is 20.6. The zero-order valence-electron chi connectivity index (χ0n) is 13.5. The summed E-state index contributed by atoms with van der Waals surface area (Å²) in [6, 6.07) is 9.62. The molecule has 122 valence electrons. The lowest BCUT2D eigenvalue weighted by Crippen LogP contribution is -2.60. The average molecular weight is 315 g/mol. The first-order chi connectivity index (χ1) is 10.8. The zero-order chi connectivity index (χ0) is 16.8. The summed E-state index contributed by atoms with van der Waals surface area (Å²) in [6.45, 7) is 5.16. The monoisotopic (exact) mass is 315 g/mol. The molecule has 0 saturated carbocycles. The molecule has 0 spiro atoms. The van der Waals surface area contributed by atoms with E-state index in [2.05, 4.69) is 0 Å². The number of aliphatic hydroxyl groups excluding tert-OH is 1. The number of fused-ring (bicyclic) bond motifs is 1. The number of rotatable bonds is 2. The maximum absolute atomic E-state index is 12.3. The van der Waals surface area contributed by atoms with Crippen molar-refractivity contribution in [3.63, 3.8) is 0 Å². The maximum atomic E-state index is 12.3. The number of hydrogen-bond acceptors (Lipinski definition) is 4. The molecule has 2 unspecified atom stereocenters. The van der Waals surface area contributed by atoms with Crippen molar-refractivity contribution in [1.29, 1.82) is 0 Å². The van der Waals surface area contributed by atoms with Crippen molar-refractivity contribution in [3.8, 4) is 5.75 Å². The van der Waals surface area contributed by atoms with Gasteiger partial charge in [-0.25, -0.2) is 0 Å². The van der Waals surface area contributed by atoms with E-state index in [1.165, 1.54) is 10.6 Å². The van der Waals surface area contributed by atoms with Crippen LogP contribution >= 0.6 is 0 Å². The summed E-state index contributed by atoms with van der Waals surface area (Å²) in [4.78, 5) is 12.3. The van der Waals surface area contributed by atoms with Crippen LogP contribution < -0.4 is 10.3 Å². The fraction of sp³-hybridized carbons (Fsp3) is 0.389. The van der Waals surface area contributed by atoms with Gasteiger partial charge in [-0.3, -0.25) is 4.79 Å². The molecule has 1 aliphatic heterocycles. The van der Waals surface area contributed by atoms with Crippen molar-refractivity contribution in [2.75, 3.05) is 0 Å². The van der Waals surface area contributed by atoms with E-state index in [-0.39, 0.29) is 12.2 Å². The molecule has 2 aromatic rings. The van der Waals surface area contributed by atoms with Gasteiger partial charge in [0.15, 0.2) is 0 Å². The highest BCUT2D eigenvalue weighted by Gasteiger charge is 2.53. The third-order valence-electron chi connectivity index (χ3n) is 4.80. The van der Waals surface area contributed by atoms with E-state index < -0.39 is 17.2 Å². The van der Waals surface area contributed by atoms with Gasteiger partial charge in [-0.15, -0.1) is 0 Å². The molecule has 5 heteroatoms. The highest BCUT2D eigenvalue weighted by atomic mass is 16.5.